The van der Waals surface area contributed by atoms with Crippen LogP contribution in [0.4, 0.5) is 0 Å². The van der Waals surface area contributed by atoms with Gasteiger partial charge in [-0.1, -0.05) is 265 Å². The van der Waals surface area contributed by atoms with Gasteiger partial charge in [-0.25, -0.2) is 0 Å². The van der Waals surface area contributed by atoms with Crippen molar-refractivity contribution < 1.29 is 28.6 Å². The van der Waals surface area contributed by atoms with Crippen LogP contribution < -0.4 is 0 Å². The van der Waals surface area contributed by atoms with E-state index in [4.69, 9.17) is 14.2 Å². The molecule has 0 aliphatic carbocycles. The maximum absolute atomic E-state index is 12.8. The highest BCUT2D eigenvalue weighted by Crippen LogP contribution is 2.15. The van der Waals surface area contributed by atoms with Gasteiger partial charge in [0.1, 0.15) is 13.2 Å². The first kappa shape index (κ1) is 69.1. The van der Waals surface area contributed by atoms with Crippen LogP contribution in [0.5, 0.6) is 0 Å². The topological polar surface area (TPSA) is 78.9 Å². The summed E-state index contributed by atoms with van der Waals surface area (Å²) in [6.45, 7) is 6.47. The van der Waals surface area contributed by atoms with Crippen molar-refractivity contribution in [2.75, 3.05) is 13.2 Å². The number of hydrogen-bond donors (Lipinski definition) is 0. The molecule has 0 N–H and O–H groups in total. The summed E-state index contributed by atoms with van der Waals surface area (Å²) in [6, 6.07) is 0. The zero-order valence-electron chi connectivity index (χ0n) is 47.6. The molecule has 0 aliphatic rings. The van der Waals surface area contributed by atoms with Crippen molar-refractivity contribution >= 4 is 17.9 Å². The van der Waals surface area contributed by atoms with Gasteiger partial charge < -0.3 is 14.2 Å². The largest absolute Gasteiger partial charge is 0.462 e. The minimum Gasteiger partial charge on any atom is -0.462 e. The molecule has 0 aromatic heterocycles. The predicted molar refractivity (Wildman–Crippen MR) is 316 cm³/mol. The molecule has 73 heavy (non-hydrogen) atoms. The van der Waals surface area contributed by atoms with E-state index in [1.54, 1.807) is 0 Å². The van der Waals surface area contributed by atoms with E-state index in [9.17, 15) is 14.4 Å². The summed E-state index contributed by atoms with van der Waals surface area (Å²) in [7, 11) is 0. The van der Waals surface area contributed by atoms with Gasteiger partial charge in [0.25, 0.3) is 0 Å². The van der Waals surface area contributed by atoms with Crippen molar-refractivity contribution in [3.05, 3.63) is 109 Å². The molecule has 0 fully saturated rings. The van der Waals surface area contributed by atoms with Crippen LogP contribution >= 0.6 is 0 Å². The fraction of sp³-hybridized carbons (Fsp3) is 0.687. The third-order valence-electron chi connectivity index (χ3n) is 12.8. The Hall–Kier alpha value is -3.93. The minimum atomic E-state index is -0.791. The van der Waals surface area contributed by atoms with E-state index in [2.05, 4.69) is 130 Å². The zero-order chi connectivity index (χ0) is 52.9. The predicted octanol–water partition coefficient (Wildman–Crippen LogP) is 20.7. The van der Waals surface area contributed by atoms with Gasteiger partial charge >= 0.3 is 17.9 Å². The molecule has 0 aliphatic heterocycles. The first-order chi connectivity index (χ1) is 36.0. The Labute approximate surface area is 450 Å². The molecule has 0 saturated heterocycles. The number of carbonyl (C=O) groups excluding carboxylic acids is 3. The van der Waals surface area contributed by atoms with Gasteiger partial charge in [0.05, 0.1) is 0 Å². The Kier molecular flexibility index (Phi) is 57.4. The van der Waals surface area contributed by atoms with Crippen molar-refractivity contribution in [3.63, 3.8) is 0 Å². The zero-order valence-corrected chi connectivity index (χ0v) is 47.6. The Morgan fingerprint density at radius 2 is 0.548 bits per heavy atom. The van der Waals surface area contributed by atoms with Gasteiger partial charge in [-0.15, -0.1) is 0 Å². The van der Waals surface area contributed by atoms with Crippen LogP contribution in [0.2, 0.25) is 0 Å². The van der Waals surface area contributed by atoms with Crippen molar-refractivity contribution in [2.24, 2.45) is 0 Å². The molecule has 0 radical (unpaired) electrons. The van der Waals surface area contributed by atoms with E-state index in [0.29, 0.717) is 19.3 Å². The number of allylic oxidation sites excluding steroid dienone is 18. The Morgan fingerprint density at radius 1 is 0.288 bits per heavy atom. The molecular weight excluding hydrogens is 901 g/mol. The normalized spacial score (nSPS) is 12.9. The van der Waals surface area contributed by atoms with Crippen molar-refractivity contribution in [1.82, 2.24) is 0 Å². The van der Waals surface area contributed by atoms with Gasteiger partial charge in [-0.3, -0.25) is 14.4 Å². The molecule has 0 aromatic rings. The molecule has 0 amide bonds. The fourth-order valence-electron chi connectivity index (χ4n) is 8.20. The summed E-state index contributed by atoms with van der Waals surface area (Å²) < 4.78 is 16.8. The Bertz CT molecular complexity index is 1490. The van der Waals surface area contributed by atoms with Crippen LogP contribution in [0.25, 0.3) is 0 Å². The summed E-state index contributed by atoms with van der Waals surface area (Å²) in [5.74, 6) is -0.920. The van der Waals surface area contributed by atoms with E-state index < -0.39 is 6.10 Å². The lowest BCUT2D eigenvalue weighted by Gasteiger charge is -2.18. The first-order valence-electron chi connectivity index (χ1n) is 30.4. The summed E-state index contributed by atoms with van der Waals surface area (Å²) in [5.41, 5.74) is 0. The van der Waals surface area contributed by atoms with Gasteiger partial charge in [0.15, 0.2) is 6.10 Å². The summed E-state index contributed by atoms with van der Waals surface area (Å²) in [4.78, 5) is 38.1. The second-order valence-electron chi connectivity index (χ2n) is 19.9. The lowest BCUT2D eigenvalue weighted by Crippen LogP contribution is -2.30. The van der Waals surface area contributed by atoms with Crippen LogP contribution in [0.1, 0.15) is 278 Å². The van der Waals surface area contributed by atoms with E-state index >= 15 is 0 Å². The highest BCUT2D eigenvalue weighted by Gasteiger charge is 2.19. The molecule has 1 atom stereocenters. The standard InChI is InChI=1S/C67H112O6/c1-4-7-10-13-16-19-22-24-26-27-28-29-30-31-32-33-34-35-36-37-38-39-41-42-45-48-51-54-57-60-66(69)72-63-64(62-71-65(68)59-56-53-50-47-44-21-18-15-12-9-6-3)73-67(70)61-58-55-52-49-46-43-40-25-23-20-17-14-11-8-5-2/h7,10,15-16,18-19,24,26,28-29,31-32,34-35,37-38,41-42,64H,4-6,8-9,11-14,17,20-23,25,27,30,33,36,39-40,43-63H2,1-3H3/b10-7-,18-15-,19-16-,26-24-,29-28-,32-31-,35-34-,38-37-,42-41-. The van der Waals surface area contributed by atoms with Gasteiger partial charge in [0.2, 0.25) is 0 Å². The Balaban J connectivity index is 4.33. The molecule has 0 saturated carbocycles. The summed E-state index contributed by atoms with van der Waals surface area (Å²) in [5, 5.41) is 0. The minimum absolute atomic E-state index is 0.0894. The fourth-order valence-corrected chi connectivity index (χ4v) is 8.20. The average Bonchev–Trinajstić information content (AvgIpc) is 3.39. The number of carbonyl (C=O) groups is 3. The lowest BCUT2D eigenvalue weighted by molar-refractivity contribution is -0.167. The van der Waals surface area contributed by atoms with Crippen molar-refractivity contribution in [1.29, 1.82) is 0 Å². The number of hydrogen-bond acceptors (Lipinski definition) is 6. The molecule has 1 unspecified atom stereocenters. The van der Waals surface area contributed by atoms with Gasteiger partial charge in [-0.2, -0.15) is 0 Å². The van der Waals surface area contributed by atoms with Crippen LogP contribution in [0, 0.1) is 0 Å². The van der Waals surface area contributed by atoms with Crippen molar-refractivity contribution in [2.45, 2.75) is 284 Å². The lowest BCUT2D eigenvalue weighted by atomic mass is 10.0. The molecule has 6 heteroatoms. The summed E-state index contributed by atoms with van der Waals surface area (Å²) >= 11 is 0. The number of unbranched alkanes of at least 4 members (excludes halogenated alkanes) is 25. The maximum atomic E-state index is 12.8. The molecule has 416 valence electrons. The molecule has 0 heterocycles. The van der Waals surface area contributed by atoms with Gasteiger partial charge in [0, 0.05) is 19.3 Å². The average molecular weight is 1010 g/mol. The third kappa shape index (κ3) is 58.8. The van der Waals surface area contributed by atoms with Crippen LogP contribution in [0.15, 0.2) is 109 Å². The molecule has 0 bridgehead atoms. The number of esters is 3. The molecule has 0 spiro atoms. The molecule has 0 rings (SSSR count). The molecule has 0 aromatic carbocycles. The SMILES string of the molecule is CC/C=C\C/C=C\C/C=C\C/C=C\C/C=C\C/C=C\C/C=C\C/C=C\CCCCCCC(=O)OCC(COC(=O)CCCCCCC/C=C\CCCC)OC(=O)CCCCCCCCCCCCCCCCC. The highest BCUT2D eigenvalue weighted by atomic mass is 16.6. The van der Waals surface area contributed by atoms with Crippen LogP contribution in [0.3, 0.4) is 0 Å². The highest BCUT2D eigenvalue weighted by molar-refractivity contribution is 5.71. The summed E-state index contributed by atoms with van der Waals surface area (Å²) in [6.07, 6.45) is 82.3. The van der Waals surface area contributed by atoms with E-state index in [1.807, 2.05) is 0 Å². The van der Waals surface area contributed by atoms with E-state index in [-0.39, 0.29) is 31.1 Å². The third-order valence-corrected chi connectivity index (χ3v) is 12.8. The molecular formula is C67H112O6. The molecule has 6 nitrogen and oxygen atoms in total. The van der Waals surface area contributed by atoms with Crippen LogP contribution in [-0.2, 0) is 28.6 Å². The second-order valence-corrected chi connectivity index (χ2v) is 19.9. The first-order valence-corrected chi connectivity index (χ1v) is 30.4. The maximum Gasteiger partial charge on any atom is 0.306 e. The van der Waals surface area contributed by atoms with Crippen molar-refractivity contribution in [3.8, 4) is 0 Å². The quantitative estimate of drug-likeness (QED) is 0.0261. The van der Waals surface area contributed by atoms with Crippen LogP contribution in [-0.4, -0.2) is 37.2 Å². The number of rotatable bonds is 54. The smallest absolute Gasteiger partial charge is 0.306 e. The Morgan fingerprint density at radius 3 is 0.890 bits per heavy atom. The number of ether oxygens (including phenoxy) is 3. The monoisotopic (exact) mass is 1010 g/mol. The second kappa shape index (κ2) is 60.6. The van der Waals surface area contributed by atoms with E-state index in [1.165, 1.54) is 109 Å². The van der Waals surface area contributed by atoms with Gasteiger partial charge in [-0.05, 0) is 103 Å². The van der Waals surface area contributed by atoms with E-state index in [0.717, 1.165) is 128 Å².